The lowest BCUT2D eigenvalue weighted by molar-refractivity contribution is -0.116. The molecule has 1 aromatic carbocycles. The Morgan fingerprint density at radius 2 is 1.93 bits per heavy atom. The van der Waals surface area contributed by atoms with E-state index < -0.39 is 23.0 Å². The minimum absolute atomic E-state index is 0.0254. The first-order chi connectivity index (χ1) is 13.0. The van der Waals surface area contributed by atoms with Crippen LogP contribution in [-0.4, -0.2) is 30.1 Å². The summed E-state index contributed by atoms with van der Waals surface area (Å²) in [5, 5.41) is 6.58. The number of halogens is 3. The Hall–Kier alpha value is -3.69. The first-order valence-corrected chi connectivity index (χ1v) is 7.77. The molecular weight excluding hydrogens is 361 g/mol. The van der Waals surface area contributed by atoms with E-state index in [2.05, 4.69) is 20.4 Å². The summed E-state index contributed by atoms with van der Waals surface area (Å²) in [5.74, 6) is -3.69. The standard InChI is InChI=1S/C17H11F3N6O/c18-11-2-3-12(19)16(20)15(11)10-1-4-13-22-17(24-26(13)7-10)23-14(27)8-25-6-5-21-9-25/h1-7,9H,8H2,(H,23,24,27). The van der Waals surface area contributed by atoms with Crippen LogP contribution in [0.15, 0.2) is 49.2 Å². The zero-order chi connectivity index (χ0) is 19.0. The lowest BCUT2D eigenvalue weighted by atomic mass is 10.1. The molecule has 1 N–H and O–H groups in total. The number of hydrogen-bond donors (Lipinski definition) is 1. The molecule has 0 spiro atoms. The molecule has 0 atom stereocenters. The van der Waals surface area contributed by atoms with Crippen molar-refractivity contribution in [1.29, 1.82) is 0 Å². The number of anilines is 1. The Bertz CT molecular complexity index is 1140. The smallest absolute Gasteiger partial charge is 0.249 e. The van der Waals surface area contributed by atoms with Crippen molar-refractivity contribution < 1.29 is 18.0 Å². The fourth-order valence-electron chi connectivity index (χ4n) is 2.59. The van der Waals surface area contributed by atoms with Gasteiger partial charge in [0.05, 0.1) is 11.9 Å². The van der Waals surface area contributed by atoms with Crippen LogP contribution < -0.4 is 5.32 Å². The average Bonchev–Trinajstić information content (AvgIpc) is 3.27. The molecule has 0 saturated heterocycles. The second-order valence-electron chi connectivity index (χ2n) is 5.66. The van der Waals surface area contributed by atoms with Crippen LogP contribution in [0.3, 0.4) is 0 Å². The summed E-state index contributed by atoms with van der Waals surface area (Å²) in [6.07, 6.45) is 5.97. The largest absolute Gasteiger partial charge is 0.328 e. The van der Waals surface area contributed by atoms with Crippen LogP contribution in [0.25, 0.3) is 16.8 Å². The fraction of sp³-hybridized carbons (Fsp3) is 0.0588. The third kappa shape index (κ3) is 3.24. The molecule has 4 aromatic rings. The van der Waals surface area contributed by atoms with Gasteiger partial charge in [-0.1, -0.05) is 0 Å². The lowest BCUT2D eigenvalue weighted by Gasteiger charge is -2.06. The topological polar surface area (TPSA) is 77.1 Å². The van der Waals surface area contributed by atoms with Gasteiger partial charge in [0.15, 0.2) is 17.3 Å². The van der Waals surface area contributed by atoms with Crippen LogP contribution in [-0.2, 0) is 11.3 Å². The Labute approximate surface area is 150 Å². The minimum Gasteiger partial charge on any atom is -0.328 e. The third-order valence-electron chi connectivity index (χ3n) is 3.80. The molecule has 7 nitrogen and oxygen atoms in total. The van der Waals surface area contributed by atoms with Gasteiger partial charge < -0.3 is 4.57 Å². The third-order valence-corrected chi connectivity index (χ3v) is 3.80. The van der Waals surface area contributed by atoms with Crippen molar-refractivity contribution >= 4 is 17.5 Å². The van der Waals surface area contributed by atoms with E-state index in [0.29, 0.717) is 5.65 Å². The maximum absolute atomic E-state index is 14.0. The van der Waals surface area contributed by atoms with Crippen molar-refractivity contribution in [3.63, 3.8) is 0 Å². The van der Waals surface area contributed by atoms with Crippen LogP contribution in [0.2, 0.25) is 0 Å². The normalized spacial score (nSPS) is 11.1. The number of carbonyl (C=O) groups is 1. The molecule has 0 saturated carbocycles. The quantitative estimate of drug-likeness (QED) is 0.559. The van der Waals surface area contributed by atoms with Gasteiger partial charge in [0, 0.05) is 24.2 Å². The predicted octanol–water partition coefficient (Wildman–Crippen LogP) is 2.65. The van der Waals surface area contributed by atoms with E-state index in [9.17, 15) is 18.0 Å². The number of carbonyl (C=O) groups excluding carboxylic acids is 1. The van der Waals surface area contributed by atoms with Crippen LogP contribution in [0.5, 0.6) is 0 Å². The lowest BCUT2D eigenvalue weighted by Crippen LogP contribution is -2.18. The Morgan fingerprint density at radius 3 is 2.70 bits per heavy atom. The second kappa shape index (κ2) is 6.56. The van der Waals surface area contributed by atoms with E-state index in [4.69, 9.17) is 0 Å². The molecule has 1 amide bonds. The molecule has 0 bridgehead atoms. The van der Waals surface area contributed by atoms with E-state index in [0.717, 1.165) is 12.1 Å². The molecule has 10 heteroatoms. The summed E-state index contributed by atoms with van der Waals surface area (Å²) in [6.45, 7) is 0.0283. The molecular formula is C17H11F3N6O. The van der Waals surface area contributed by atoms with Gasteiger partial charge in [-0.2, -0.15) is 4.98 Å². The highest BCUT2D eigenvalue weighted by Gasteiger charge is 2.17. The summed E-state index contributed by atoms with van der Waals surface area (Å²) in [6, 6.07) is 4.41. The van der Waals surface area contributed by atoms with Crippen molar-refractivity contribution in [2.45, 2.75) is 6.54 Å². The number of rotatable bonds is 4. The van der Waals surface area contributed by atoms with Crippen molar-refractivity contribution in [3.05, 3.63) is 66.6 Å². The van der Waals surface area contributed by atoms with Crippen LogP contribution in [0.1, 0.15) is 0 Å². The van der Waals surface area contributed by atoms with Gasteiger partial charge in [-0.3, -0.25) is 10.1 Å². The zero-order valence-corrected chi connectivity index (χ0v) is 13.6. The summed E-state index contributed by atoms with van der Waals surface area (Å²) in [7, 11) is 0. The maximum atomic E-state index is 14.0. The summed E-state index contributed by atoms with van der Waals surface area (Å²) in [5.41, 5.74) is -0.0785. The van der Waals surface area contributed by atoms with Gasteiger partial charge in [0.25, 0.3) is 0 Å². The molecule has 3 heterocycles. The number of nitrogens with one attached hydrogen (secondary N) is 1. The van der Waals surface area contributed by atoms with Gasteiger partial charge in [-0.05, 0) is 24.3 Å². The van der Waals surface area contributed by atoms with E-state index in [1.165, 1.54) is 29.2 Å². The van der Waals surface area contributed by atoms with E-state index in [-0.39, 0.29) is 24.0 Å². The molecule has 0 fully saturated rings. The monoisotopic (exact) mass is 372 g/mol. The SMILES string of the molecule is O=C(Cn1ccnc1)Nc1nc2ccc(-c3c(F)ccc(F)c3F)cn2n1. The van der Waals surface area contributed by atoms with Crippen molar-refractivity contribution in [2.24, 2.45) is 0 Å². The van der Waals surface area contributed by atoms with Crippen molar-refractivity contribution in [3.8, 4) is 11.1 Å². The number of amides is 1. The molecule has 0 aliphatic heterocycles. The fourth-order valence-corrected chi connectivity index (χ4v) is 2.59. The number of pyridine rings is 1. The van der Waals surface area contributed by atoms with Crippen molar-refractivity contribution in [2.75, 3.05) is 5.32 Å². The number of aromatic nitrogens is 5. The van der Waals surface area contributed by atoms with Crippen LogP contribution >= 0.6 is 0 Å². The molecule has 0 radical (unpaired) electrons. The van der Waals surface area contributed by atoms with Crippen molar-refractivity contribution in [1.82, 2.24) is 24.1 Å². The number of imidazole rings is 1. The maximum Gasteiger partial charge on any atom is 0.249 e. The molecule has 0 unspecified atom stereocenters. The molecule has 0 aliphatic rings. The van der Waals surface area contributed by atoms with Crippen LogP contribution in [0.4, 0.5) is 19.1 Å². The Balaban J connectivity index is 1.63. The van der Waals surface area contributed by atoms with Gasteiger partial charge >= 0.3 is 0 Å². The number of hydrogen-bond acceptors (Lipinski definition) is 4. The summed E-state index contributed by atoms with van der Waals surface area (Å²) < 4.78 is 44.2. The second-order valence-corrected chi connectivity index (χ2v) is 5.66. The van der Waals surface area contributed by atoms with Gasteiger partial charge in [0.1, 0.15) is 12.4 Å². The first-order valence-electron chi connectivity index (χ1n) is 7.77. The summed E-state index contributed by atoms with van der Waals surface area (Å²) >= 11 is 0. The molecule has 4 rings (SSSR count). The van der Waals surface area contributed by atoms with E-state index in [1.807, 2.05) is 0 Å². The highest BCUT2D eigenvalue weighted by atomic mass is 19.2. The number of nitrogens with zero attached hydrogens (tertiary/aromatic N) is 5. The van der Waals surface area contributed by atoms with Gasteiger partial charge in [-0.25, -0.2) is 22.7 Å². The summed E-state index contributed by atoms with van der Waals surface area (Å²) in [4.78, 5) is 19.9. The molecule has 3 aromatic heterocycles. The molecule has 136 valence electrons. The number of benzene rings is 1. The number of fused-ring (bicyclic) bond motifs is 1. The molecule has 27 heavy (non-hydrogen) atoms. The van der Waals surface area contributed by atoms with Crippen LogP contribution in [0, 0.1) is 17.5 Å². The highest BCUT2D eigenvalue weighted by Crippen LogP contribution is 2.27. The minimum atomic E-state index is -1.29. The predicted molar refractivity (Wildman–Crippen MR) is 89.2 cm³/mol. The van der Waals surface area contributed by atoms with Gasteiger partial charge in [0.2, 0.25) is 11.9 Å². The van der Waals surface area contributed by atoms with E-state index in [1.54, 1.807) is 17.0 Å². The Morgan fingerprint density at radius 1 is 1.11 bits per heavy atom. The zero-order valence-electron chi connectivity index (χ0n) is 13.6. The Kier molecular flexibility index (Phi) is 4.07. The first kappa shape index (κ1) is 16.8. The average molecular weight is 372 g/mol. The highest BCUT2D eigenvalue weighted by molar-refractivity contribution is 5.89. The van der Waals surface area contributed by atoms with Gasteiger partial charge in [-0.15, -0.1) is 5.10 Å². The molecule has 0 aliphatic carbocycles. The van der Waals surface area contributed by atoms with E-state index >= 15 is 0 Å².